The lowest BCUT2D eigenvalue weighted by Gasteiger charge is -2.15. The van der Waals surface area contributed by atoms with Crippen LogP contribution in [0.2, 0.25) is 0 Å². The number of carbonyl (C=O) groups excluding carboxylic acids is 1. The summed E-state index contributed by atoms with van der Waals surface area (Å²) >= 11 is 0. The summed E-state index contributed by atoms with van der Waals surface area (Å²) < 4.78 is 5.88. The number of carboxylic acid groups (broad SMARTS) is 1. The number of aliphatic carboxylic acids is 1. The van der Waals surface area contributed by atoms with Crippen molar-refractivity contribution in [3.8, 4) is 0 Å². The fraction of sp³-hybridized carbons (Fsp3) is 0.897. The number of unbranched alkanes of at least 4 members (excludes halogenated alkanes) is 26. The van der Waals surface area contributed by atoms with Crippen LogP contribution in [0, 0.1) is 0 Å². The van der Waals surface area contributed by atoms with Gasteiger partial charge >= 0.3 is 11.9 Å². The van der Waals surface area contributed by atoms with Crippen LogP contribution in [0.3, 0.4) is 0 Å². The molecule has 0 fully saturated rings. The molecule has 0 aromatic heterocycles. The average molecular weight is 607 g/mol. The van der Waals surface area contributed by atoms with Crippen LogP contribution in [0.5, 0.6) is 0 Å². The highest BCUT2D eigenvalue weighted by Gasteiger charge is 2.11. The lowest BCUT2D eigenvalue weighted by atomic mass is 10.0. The Morgan fingerprint density at radius 1 is 0.512 bits per heavy atom. The Kier molecular flexibility index (Phi) is 34.1. The highest BCUT2D eigenvalue weighted by molar-refractivity contribution is 5.69. The van der Waals surface area contributed by atoms with Crippen molar-refractivity contribution in [1.29, 1.82) is 0 Å². The molecule has 0 rings (SSSR count). The molecule has 0 aliphatic heterocycles. The SMILES string of the molecule is CCCCCCCCC/C=C\C(CCCCCCC(=O)O)OC(=O)CCCCCCCCCCCCCCCCCCC. The number of esters is 1. The third-order valence-electron chi connectivity index (χ3n) is 8.72. The second-order valence-electron chi connectivity index (χ2n) is 13.1. The molecule has 0 amide bonds. The van der Waals surface area contributed by atoms with E-state index in [2.05, 4.69) is 26.0 Å². The van der Waals surface area contributed by atoms with Gasteiger partial charge in [-0.05, 0) is 44.6 Å². The molecule has 0 saturated heterocycles. The number of allylic oxidation sites excluding steroid dienone is 1. The van der Waals surface area contributed by atoms with Gasteiger partial charge in [0.1, 0.15) is 6.10 Å². The predicted octanol–water partition coefficient (Wildman–Crippen LogP) is 13.1. The molecule has 4 nitrogen and oxygen atoms in total. The second-order valence-corrected chi connectivity index (χ2v) is 13.1. The van der Waals surface area contributed by atoms with E-state index < -0.39 is 5.97 Å². The van der Waals surface area contributed by atoms with E-state index in [1.54, 1.807) is 0 Å². The Labute approximate surface area is 268 Å². The highest BCUT2D eigenvalue weighted by Crippen LogP contribution is 2.16. The first-order valence-corrected chi connectivity index (χ1v) is 19.2. The minimum absolute atomic E-state index is 0.0580. The molecule has 0 saturated carbocycles. The summed E-state index contributed by atoms with van der Waals surface area (Å²) in [6, 6.07) is 0. The number of hydrogen-bond donors (Lipinski definition) is 1. The van der Waals surface area contributed by atoms with Gasteiger partial charge in [0.2, 0.25) is 0 Å². The summed E-state index contributed by atoms with van der Waals surface area (Å²) in [7, 11) is 0. The maximum Gasteiger partial charge on any atom is 0.306 e. The van der Waals surface area contributed by atoms with Crippen LogP contribution in [0.15, 0.2) is 12.2 Å². The normalized spacial score (nSPS) is 12.2. The molecule has 0 spiro atoms. The Hall–Kier alpha value is -1.32. The maximum atomic E-state index is 12.6. The lowest BCUT2D eigenvalue weighted by molar-refractivity contribution is -0.147. The summed E-state index contributed by atoms with van der Waals surface area (Å²) in [5, 5.41) is 8.82. The fourth-order valence-electron chi connectivity index (χ4n) is 5.86. The Morgan fingerprint density at radius 3 is 1.33 bits per heavy atom. The summed E-state index contributed by atoms with van der Waals surface area (Å²) in [6.07, 6.45) is 42.4. The highest BCUT2D eigenvalue weighted by atomic mass is 16.5. The third kappa shape index (κ3) is 35.0. The third-order valence-corrected chi connectivity index (χ3v) is 8.72. The zero-order valence-electron chi connectivity index (χ0n) is 29.0. The summed E-state index contributed by atoms with van der Waals surface area (Å²) in [4.78, 5) is 23.3. The van der Waals surface area contributed by atoms with Crippen LogP contribution in [0.25, 0.3) is 0 Å². The zero-order valence-corrected chi connectivity index (χ0v) is 29.0. The molecule has 0 aliphatic carbocycles. The molecule has 4 heteroatoms. The Morgan fingerprint density at radius 2 is 0.884 bits per heavy atom. The molecule has 0 radical (unpaired) electrons. The summed E-state index contributed by atoms with van der Waals surface area (Å²) in [5.74, 6) is -0.776. The van der Waals surface area contributed by atoms with Gasteiger partial charge in [0.05, 0.1) is 0 Å². The van der Waals surface area contributed by atoms with Gasteiger partial charge in [-0.1, -0.05) is 174 Å². The molecule has 0 aromatic rings. The minimum Gasteiger partial charge on any atom is -0.481 e. The number of carboxylic acids is 1. The van der Waals surface area contributed by atoms with Gasteiger partial charge < -0.3 is 9.84 Å². The summed E-state index contributed by atoms with van der Waals surface area (Å²) in [5.41, 5.74) is 0. The van der Waals surface area contributed by atoms with Crippen LogP contribution in [0.4, 0.5) is 0 Å². The van der Waals surface area contributed by atoms with E-state index in [0.717, 1.165) is 51.4 Å². The van der Waals surface area contributed by atoms with Crippen molar-refractivity contribution in [2.75, 3.05) is 0 Å². The van der Waals surface area contributed by atoms with Gasteiger partial charge in [-0.2, -0.15) is 0 Å². The molecule has 0 heterocycles. The molecule has 43 heavy (non-hydrogen) atoms. The van der Waals surface area contributed by atoms with Crippen molar-refractivity contribution in [2.24, 2.45) is 0 Å². The molecular formula is C39H74O4. The van der Waals surface area contributed by atoms with Gasteiger partial charge in [-0.3, -0.25) is 9.59 Å². The van der Waals surface area contributed by atoms with Gasteiger partial charge in [0.15, 0.2) is 0 Å². The van der Waals surface area contributed by atoms with Crippen LogP contribution >= 0.6 is 0 Å². The number of rotatable bonds is 35. The van der Waals surface area contributed by atoms with Gasteiger partial charge in [-0.25, -0.2) is 0 Å². The minimum atomic E-state index is -0.718. The topological polar surface area (TPSA) is 63.6 Å². The van der Waals surface area contributed by atoms with E-state index in [4.69, 9.17) is 9.84 Å². The maximum absolute atomic E-state index is 12.6. The Bertz CT molecular complexity index is 614. The lowest BCUT2D eigenvalue weighted by Crippen LogP contribution is -2.16. The van der Waals surface area contributed by atoms with Crippen molar-refractivity contribution in [3.05, 3.63) is 12.2 Å². The number of ether oxygens (including phenoxy) is 1. The van der Waals surface area contributed by atoms with Crippen LogP contribution < -0.4 is 0 Å². The van der Waals surface area contributed by atoms with E-state index in [1.165, 1.54) is 141 Å². The van der Waals surface area contributed by atoms with Crippen LogP contribution in [-0.2, 0) is 14.3 Å². The van der Waals surface area contributed by atoms with E-state index in [1.807, 2.05) is 0 Å². The second kappa shape index (κ2) is 35.2. The van der Waals surface area contributed by atoms with Crippen molar-refractivity contribution in [3.63, 3.8) is 0 Å². The Balaban J connectivity index is 3.92. The molecule has 1 unspecified atom stereocenters. The largest absolute Gasteiger partial charge is 0.481 e. The van der Waals surface area contributed by atoms with Crippen molar-refractivity contribution in [2.45, 2.75) is 225 Å². The molecule has 1 atom stereocenters. The zero-order chi connectivity index (χ0) is 31.5. The van der Waals surface area contributed by atoms with Crippen molar-refractivity contribution < 1.29 is 19.4 Å². The van der Waals surface area contributed by atoms with Gasteiger partial charge in [0.25, 0.3) is 0 Å². The average Bonchev–Trinajstić information content (AvgIpc) is 2.99. The first-order chi connectivity index (χ1) is 21.1. The molecule has 1 N–H and O–H groups in total. The fourth-order valence-corrected chi connectivity index (χ4v) is 5.86. The van der Waals surface area contributed by atoms with E-state index in [-0.39, 0.29) is 18.5 Å². The molecular weight excluding hydrogens is 532 g/mol. The first-order valence-electron chi connectivity index (χ1n) is 19.2. The number of hydrogen-bond acceptors (Lipinski definition) is 3. The van der Waals surface area contributed by atoms with Crippen LogP contribution in [0.1, 0.15) is 219 Å². The van der Waals surface area contributed by atoms with Crippen molar-refractivity contribution in [1.82, 2.24) is 0 Å². The monoisotopic (exact) mass is 607 g/mol. The molecule has 0 aliphatic rings. The quantitative estimate of drug-likeness (QED) is 0.0443. The first kappa shape index (κ1) is 41.7. The molecule has 254 valence electrons. The van der Waals surface area contributed by atoms with E-state index >= 15 is 0 Å². The van der Waals surface area contributed by atoms with Gasteiger partial charge in [0, 0.05) is 12.8 Å². The molecule has 0 bridgehead atoms. The number of carbonyl (C=O) groups is 2. The smallest absolute Gasteiger partial charge is 0.306 e. The van der Waals surface area contributed by atoms with E-state index in [0.29, 0.717) is 6.42 Å². The van der Waals surface area contributed by atoms with E-state index in [9.17, 15) is 9.59 Å². The van der Waals surface area contributed by atoms with Crippen molar-refractivity contribution >= 4 is 11.9 Å². The molecule has 0 aromatic carbocycles. The predicted molar refractivity (Wildman–Crippen MR) is 186 cm³/mol. The van der Waals surface area contributed by atoms with Crippen LogP contribution in [-0.4, -0.2) is 23.1 Å². The van der Waals surface area contributed by atoms with Gasteiger partial charge in [-0.15, -0.1) is 0 Å². The summed E-state index contributed by atoms with van der Waals surface area (Å²) in [6.45, 7) is 4.54. The standard InChI is InChI=1S/C39H74O4/c1-3-5-7-9-11-13-14-15-16-17-18-19-20-22-24-26-32-36-39(42)43-37(34-30-27-28-31-35-38(40)41)33-29-25-23-21-12-10-8-6-4-2/h29,33,37H,3-28,30-32,34-36H2,1-2H3,(H,40,41)/b33-29-.